The van der Waals surface area contributed by atoms with E-state index in [0.717, 1.165) is 28.3 Å². The number of Topliss-reactive ketones (excluding diaryl/α,β-unsaturated/α-hetero) is 1. The van der Waals surface area contributed by atoms with Gasteiger partial charge in [-0.1, -0.05) is 31.2 Å². The van der Waals surface area contributed by atoms with Gasteiger partial charge in [0, 0.05) is 11.3 Å². The number of benzene rings is 1. The number of halogens is 3. The molecule has 1 aromatic carbocycles. The molecule has 3 nitrogen and oxygen atoms in total. The summed E-state index contributed by atoms with van der Waals surface area (Å²) >= 11 is 5.13. The molecular weight excluding hydrogens is 436 g/mol. The van der Waals surface area contributed by atoms with Gasteiger partial charge >= 0.3 is 0 Å². The molecule has 1 aromatic heterocycles. The van der Waals surface area contributed by atoms with Crippen molar-refractivity contribution >= 4 is 33.0 Å². The molecule has 0 spiro atoms. The second-order valence-corrected chi connectivity index (χ2v) is 9.10. The highest BCUT2D eigenvalue weighted by Gasteiger charge is 2.43. The van der Waals surface area contributed by atoms with Gasteiger partial charge in [-0.2, -0.15) is 0 Å². The molecule has 0 aliphatic carbocycles. The van der Waals surface area contributed by atoms with Gasteiger partial charge in [0.1, 0.15) is 11.6 Å². The average molecular weight is 460 g/mol. The van der Waals surface area contributed by atoms with Crippen molar-refractivity contribution in [2.45, 2.75) is 51.2 Å². The Bertz CT molecular complexity index is 747. The first-order valence-corrected chi connectivity index (χ1v) is 10.5. The average Bonchev–Trinajstić information content (AvgIpc) is 3.07. The number of nitrogens with one attached hydrogen (secondary N) is 1. The first-order chi connectivity index (χ1) is 12.8. The number of ketones is 1. The van der Waals surface area contributed by atoms with Crippen molar-refractivity contribution in [1.82, 2.24) is 5.32 Å². The number of hydrogen-bond donors (Lipinski definition) is 2. The Kier molecular flexibility index (Phi) is 8.09. The predicted octanol–water partition coefficient (Wildman–Crippen LogP) is 5.06. The largest absolute Gasteiger partial charge is 0.382 e. The highest BCUT2D eigenvalue weighted by molar-refractivity contribution is 9.11. The second kappa shape index (κ2) is 9.87. The maximum Gasteiger partial charge on any atom is 0.268 e. The lowest BCUT2D eigenvalue weighted by molar-refractivity contribution is -0.141. The Balaban J connectivity index is 1.88. The van der Waals surface area contributed by atoms with E-state index in [0.29, 0.717) is 13.0 Å². The van der Waals surface area contributed by atoms with Crippen LogP contribution in [0.4, 0.5) is 8.78 Å². The Morgan fingerprint density at radius 2 is 1.93 bits per heavy atom. The fraction of sp³-hybridized carbons (Fsp3) is 0.450. The van der Waals surface area contributed by atoms with E-state index in [1.165, 1.54) is 4.88 Å². The number of aliphatic hydroxyl groups is 1. The van der Waals surface area contributed by atoms with Crippen LogP contribution in [0.15, 0.2) is 40.2 Å². The minimum Gasteiger partial charge on any atom is -0.382 e. The smallest absolute Gasteiger partial charge is 0.268 e. The first kappa shape index (κ1) is 22.1. The molecule has 0 bridgehead atoms. The van der Waals surface area contributed by atoms with E-state index in [2.05, 4.69) is 39.4 Å². The van der Waals surface area contributed by atoms with Crippen LogP contribution < -0.4 is 5.32 Å². The van der Waals surface area contributed by atoms with Crippen LogP contribution in [0.5, 0.6) is 0 Å². The van der Waals surface area contributed by atoms with Gasteiger partial charge in [0.25, 0.3) is 6.43 Å². The molecule has 148 valence electrons. The van der Waals surface area contributed by atoms with Crippen molar-refractivity contribution < 1.29 is 18.7 Å². The molecule has 0 unspecified atom stereocenters. The fourth-order valence-electron chi connectivity index (χ4n) is 2.82. The number of alkyl halides is 2. The second-order valence-electron chi connectivity index (χ2n) is 6.64. The molecule has 0 radical (unpaired) electrons. The summed E-state index contributed by atoms with van der Waals surface area (Å²) in [5, 5.41) is 12.8. The van der Waals surface area contributed by atoms with Crippen molar-refractivity contribution in [3.63, 3.8) is 0 Å². The number of aryl methyl sites for hydroxylation is 1. The van der Waals surface area contributed by atoms with Crippen LogP contribution in [0.3, 0.4) is 0 Å². The molecule has 0 aliphatic rings. The minimum atomic E-state index is -2.99. The molecular formula is C20H24BrF2NO2S. The van der Waals surface area contributed by atoms with Crippen LogP contribution in [-0.4, -0.2) is 35.5 Å². The van der Waals surface area contributed by atoms with E-state index >= 15 is 0 Å². The van der Waals surface area contributed by atoms with Crippen molar-refractivity contribution in [3.8, 4) is 10.4 Å². The number of carbonyl (C=O) groups excluding carboxylic acids is 1. The summed E-state index contributed by atoms with van der Waals surface area (Å²) in [5.74, 6) is -0.410. The zero-order valence-corrected chi connectivity index (χ0v) is 17.7. The summed E-state index contributed by atoms with van der Waals surface area (Å²) in [6, 6.07) is 11.0. The third-order valence-electron chi connectivity index (χ3n) is 4.50. The molecule has 0 aliphatic heterocycles. The molecule has 1 heterocycles. The number of carbonyl (C=O) groups is 1. The van der Waals surface area contributed by atoms with Crippen LogP contribution in [-0.2, 0) is 11.2 Å². The van der Waals surface area contributed by atoms with Gasteiger partial charge in [-0.3, -0.25) is 4.79 Å². The molecule has 2 rings (SSSR count). The Hall–Kier alpha value is -1.15. The monoisotopic (exact) mass is 459 g/mol. The predicted molar refractivity (Wildman–Crippen MR) is 109 cm³/mol. The quantitative estimate of drug-likeness (QED) is 0.487. The van der Waals surface area contributed by atoms with Gasteiger partial charge in [0.2, 0.25) is 0 Å². The van der Waals surface area contributed by atoms with Gasteiger partial charge in [-0.25, -0.2) is 8.78 Å². The lowest BCUT2D eigenvalue weighted by Crippen LogP contribution is -2.57. The van der Waals surface area contributed by atoms with Gasteiger partial charge in [0.05, 0.1) is 3.79 Å². The van der Waals surface area contributed by atoms with Crippen molar-refractivity contribution in [2.24, 2.45) is 0 Å². The Morgan fingerprint density at radius 1 is 1.26 bits per heavy atom. The summed E-state index contributed by atoms with van der Waals surface area (Å²) in [6.45, 7) is 2.98. The third kappa shape index (κ3) is 5.91. The normalized spacial score (nSPS) is 14.9. The topological polar surface area (TPSA) is 49.3 Å². The van der Waals surface area contributed by atoms with E-state index < -0.39 is 23.9 Å². The highest BCUT2D eigenvalue weighted by atomic mass is 79.9. The molecule has 2 atom stereocenters. The van der Waals surface area contributed by atoms with E-state index in [4.69, 9.17) is 0 Å². The lowest BCUT2D eigenvalue weighted by Gasteiger charge is -2.31. The Labute approximate surface area is 170 Å². The summed E-state index contributed by atoms with van der Waals surface area (Å²) in [5.41, 5.74) is -0.0895. The minimum absolute atomic E-state index is 0.0980. The number of thiophene rings is 1. The summed E-state index contributed by atoms with van der Waals surface area (Å²) < 4.78 is 27.2. The highest BCUT2D eigenvalue weighted by Crippen LogP contribution is 2.31. The molecule has 0 saturated heterocycles. The van der Waals surface area contributed by atoms with Crippen LogP contribution in [0, 0.1) is 0 Å². The molecule has 2 aromatic rings. The van der Waals surface area contributed by atoms with Crippen LogP contribution >= 0.6 is 27.3 Å². The van der Waals surface area contributed by atoms with E-state index in [9.17, 15) is 18.7 Å². The van der Waals surface area contributed by atoms with Crippen LogP contribution in [0.2, 0.25) is 0 Å². The molecule has 0 amide bonds. The SMILES string of the molecule is CCC(=O)[C@@H](NCCCc1ccc(-c2ccc(Br)s2)cc1)[C@](C)(O)C(F)F. The maximum atomic E-state index is 13.1. The third-order valence-corrected chi connectivity index (χ3v) is 6.17. The van der Waals surface area contributed by atoms with Crippen molar-refractivity contribution in [3.05, 3.63) is 45.7 Å². The zero-order chi connectivity index (χ0) is 20.0. The first-order valence-electron chi connectivity index (χ1n) is 8.87. The maximum absolute atomic E-state index is 13.1. The molecule has 0 saturated carbocycles. The number of hydrogen-bond acceptors (Lipinski definition) is 4. The summed E-state index contributed by atoms with van der Waals surface area (Å²) in [4.78, 5) is 13.1. The van der Waals surface area contributed by atoms with Gasteiger partial charge in [0.15, 0.2) is 5.78 Å². The molecule has 2 N–H and O–H groups in total. The van der Waals surface area contributed by atoms with Crippen LogP contribution in [0.25, 0.3) is 10.4 Å². The van der Waals surface area contributed by atoms with Gasteiger partial charge in [-0.05, 0) is 65.5 Å². The van der Waals surface area contributed by atoms with Crippen molar-refractivity contribution in [1.29, 1.82) is 0 Å². The Morgan fingerprint density at radius 3 is 2.44 bits per heavy atom. The zero-order valence-electron chi connectivity index (χ0n) is 15.3. The van der Waals surface area contributed by atoms with Gasteiger partial charge in [-0.15, -0.1) is 11.3 Å². The van der Waals surface area contributed by atoms with Gasteiger partial charge < -0.3 is 10.4 Å². The molecule has 0 fully saturated rings. The summed E-state index contributed by atoms with van der Waals surface area (Å²) in [7, 11) is 0. The molecule has 7 heteroatoms. The fourth-order valence-corrected chi connectivity index (χ4v) is 4.21. The molecule has 27 heavy (non-hydrogen) atoms. The van der Waals surface area contributed by atoms with Crippen molar-refractivity contribution in [2.75, 3.05) is 6.54 Å². The summed E-state index contributed by atoms with van der Waals surface area (Å²) in [6.07, 6.45) is -1.46. The van der Waals surface area contributed by atoms with Crippen LogP contribution in [0.1, 0.15) is 32.3 Å². The van der Waals surface area contributed by atoms with E-state index in [1.54, 1.807) is 18.3 Å². The van der Waals surface area contributed by atoms with E-state index in [1.807, 2.05) is 18.2 Å². The standard InChI is InChI=1S/C20H24BrF2NO2S/c1-3-15(25)18(20(2,26)19(22)23)24-12-4-5-13-6-8-14(9-7-13)16-10-11-17(21)27-16/h6-11,18-19,24,26H,3-5,12H2,1-2H3/t18-,20+/m1/s1. The lowest BCUT2D eigenvalue weighted by atomic mass is 9.92. The number of rotatable bonds is 10. The van der Waals surface area contributed by atoms with E-state index in [-0.39, 0.29) is 6.42 Å².